The first kappa shape index (κ1) is 17.2. The van der Waals surface area contributed by atoms with Crippen molar-refractivity contribution in [2.45, 2.75) is 31.8 Å². The van der Waals surface area contributed by atoms with Gasteiger partial charge >= 0.3 is 0 Å². The lowest BCUT2D eigenvalue weighted by Gasteiger charge is -2.27. The summed E-state index contributed by atoms with van der Waals surface area (Å²) in [5.41, 5.74) is 1.16. The van der Waals surface area contributed by atoms with Crippen molar-refractivity contribution in [1.82, 2.24) is 19.6 Å². The number of likely N-dealkylation sites (tertiary alicyclic amines) is 1. The van der Waals surface area contributed by atoms with E-state index in [0.717, 1.165) is 30.7 Å². The van der Waals surface area contributed by atoms with Crippen LogP contribution in [0.4, 0.5) is 0 Å². The highest BCUT2D eigenvalue weighted by molar-refractivity contribution is 5.78. The largest absolute Gasteiger partial charge is 0.467 e. The molecule has 1 aliphatic rings. The first-order valence-corrected chi connectivity index (χ1v) is 8.57. The maximum atomic E-state index is 12.8. The Morgan fingerprint density at radius 2 is 2.44 bits per heavy atom. The highest BCUT2D eigenvalue weighted by Gasteiger charge is 2.30. The summed E-state index contributed by atoms with van der Waals surface area (Å²) >= 11 is 0. The minimum atomic E-state index is 0.0300. The number of nitrogens with zero attached hydrogens (tertiary/aromatic N) is 5. The van der Waals surface area contributed by atoms with Crippen molar-refractivity contribution in [2.24, 2.45) is 7.05 Å². The molecule has 0 aliphatic carbocycles. The predicted molar refractivity (Wildman–Crippen MR) is 91.1 cm³/mol. The molecule has 25 heavy (non-hydrogen) atoms. The lowest BCUT2D eigenvalue weighted by atomic mass is 10.1. The molecular weight excluding hydrogens is 318 g/mol. The maximum absolute atomic E-state index is 12.8. The number of hydrogen-bond donors (Lipinski definition) is 0. The molecule has 7 nitrogen and oxygen atoms in total. The Labute approximate surface area is 147 Å². The van der Waals surface area contributed by atoms with Crippen molar-refractivity contribution in [1.29, 1.82) is 5.26 Å². The van der Waals surface area contributed by atoms with E-state index < -0.39 is 0 Å². The van der Waals surface area contributed by atoms with E-state index in [9.17, 15) is 4.79 Å². The molecule has 132 valence electrons. The molecule has 0 bridgehead atoms. The molecule has 0 unspecified atom stereocenters. The zero-order valence-electron chi connectivity index (χ0n) is 14.5. The van der Waals surface area contributed by atoms with Crippen LogP contribution in [0.3, 0.4) is 0 Å². The lowest BCUT2D eigenvalue weighted by molar-refractivity contribution is -0.133. The molecule has 3 rings (SSSR count). The molecule has 1 atom stereocenters. The van der Waals surface area contributed by atoms with Gasteiger partial charge in [-0.05, 0) is 31.5 Å². The molecule has 2 aromatic heterocycles. The van der Waals surface area contributed by atoms with Crippen molar-refractivity contribution in [3.63, 3.8) is 0 Å². The zero-order valence-corrected chi connectivity index (χ0v) is 14.5. The minimum absolute atomic E-state index is 0.0300. The lowest BCUT2D eigenvalue weighted by Crippen LogP contribution is -2.40. The van der Waals surface area contributed by atoms with Crippen molar-refractivity contribution in [3.05, 3.63) is 42.1 Å². The van der Waals surface area contributed by atoms with Crippen LogP contribution in [0.2, 0.25) is 0 Å². The third kappa shape index (κ3) is 4.28. The molecule has 2 aromatic rings. The van der Waals surface area contributed by atoms with Crippen molar-refractivity contribution >= 4 is 5.91 Å². The van der Waals surface area contributed by atoms with Gasteiger partial charge in [-0.1, -0.05) is 0 Å². The molecule has 0 N–H and O–H groups in total. The van der Waals surface area contributed by atoms with Crippen LogP contribution in [-0.4, -0.2) is 45.1 Å². The fourth-order valence-corrected chi connectivity index (χ4v) is 3.35. The summed E-state index contributed by atoms with van der Waals surface area (Å²) < 4.78 is 7.15. The number of aryl methyl sites for hydroxylation is 1. The van der Waals surface area contributed by atoms with Crippen LogP contribution in [0.15, 0.2) is 35.2 Å². The second-order valence-electron chi connectivity index (χ2n) is 6.38. The second-order valence-corrected chi connectivity index (χ2v) is 6.38. The molecule has 0 aromatic carbocycles. The van der Waals surface area contributed by atoms with Gasteiger partial charge in [-0.2, -0.15) is 10.4 Å². The molecular formula is C18H23N5O2. The summed E-state index contributed by atoms with van der Waals surface area (Å²) in [6.45, 7) is 2.07. The van der Waals surface area contributed by atoms with E-state index in [2.05, 4.69) is 16.1 Å². The number of amides is 1. The fraction of sp³-hybridized carbons (Fsp3) is 0.500. The van der Waals surface area contributed by atoms with Gasteiger partial charge in [-0.25, -0.2) is 0 Å². The Bertz CT molecular complexity index is 731. The fourth-order valence-electron chi connectivity index (χ4n) is 3.35. The van der Waals surface area contributed by atoms with E-state index in [-0.39, 0.29) is 11.9 Å². The van der Waals surface area contributed by atoms with Gasteiger partial charge in [0.15, 0.2) is 0 Å². The summed E-state index contributed by atoms with van der Waals surface area (Å²) in [6.07, 6.45) is 7.92. The number of furan rings is 1. The average Bonchev–Trinajstić information content (AvgIpc) is 3.33. The first-order chi connectivity index (χ1) is 12.2. The standard InChI is InChI=1S/C18H23N5O2/c1-21-12-15(11-20-21)17-6-2-8-22(17)14-18(24)23(9-4-7-19)13-16-5-3-10-25-16/h3,5,10-12,17H,2,4,6,8-9,13-14H2,1H3/t17-/m1/s1. The summed E-state index contributed by atoms with van der Waals surface area (Å²) in [7, 11) is 1.90. The van der Waals surface area contributed by atoms with Crippen LogP contribution >= 0.6 is 0 Å². The molecule has 0 saturated carbocycles. The Hall–Kier alpha value is -2.59. The van der Waals surface area contributed by atoms with Crippen molar-refractivity contribution < 1.29 is 9.21 Å². The summed E-state index contributed by atoms with van der Waals surface area (Å²) in [5, 5.41) is 13.1. The molecule has 0 spiro atoms. The summed E-state index contributed by atoms with van der Waals surface area (Å²) in [4.78, 5) is 16.7. The van der Waals surface area contributed by atoms with E-state index >= 15 is 0 Å². The molecule has 1 amide bonds. The number of hydrogen-bond acceptors (Lipinski definition) is 5. The predicted octanol–water partition coefficient (Wildman–Crippen LogP) is 2.09. The number of nitriles is 1. The van der Waals surface area contributed by atoms with Crippen molar-refractivity contribution in [2.75, 3.05) is 19.6 Å². The Balaban J connectivity index is 1.66. The molecule has 1 saturated heterocycles. The maximum Gasteiger partial charge on any atom is 0.237 e. The SMILES string of the molecule is Cn1cc([C@H]2CCCN2CC(=O)N(CCC#N)Cc2ccco2)cn1. The molecule has 3 heterocycles. The number of carbonyl (C=O) groups excluding carboxylic acids is 1. The van der Waals surface area contributed by atoms with E-state index in [1.54, 1.807) is 21.9 Å². The van der Waals surface area contributed by atoms with Crippen LogP contribution in [-0.2, 0) is 18.4 Å². The van der Waals surface area contributed by atoms with Gasteiger partial charge in [0.25, 0.3) is 0 Å². The Kier molecular flexibility index (Phi) is 5.51. The first-order valence-electron chi connectivity index (χ1n) is 8.57. The monoisotopic (exact) mass is 341 g/mol. The average molecular weight is 341 g/mol. The van der Waals surface area contributed by atoms with Gasteiger partial charge in [-0.15, -0.1) is 0 Å². The molecule has 1 fully saturated rings. The number of aromatic nitrogens is 2. The number of rotatable bonds is 7. The third-order valence-corrected chi connectivity index (χ3v) is 4.58. The van der Waals surface area contributed by atoms with Gasteiger partial charge in [0.1, 0.15) is 5.76 Å². The normalized spacial score (nSPS) is 17.5. The van der Waals surface area contributed by atoms with Crippen LogP contribution in [0, 0.1) is 11.3 Å². The molecule has 1 aliphatic heterocycles. The van der Waals surface area contributed by atoms with Crippen LogP contribution < -0.4 is 0 Å². The topological polar surface area (TPSA) is 78.3 Å². The van der Waals surface area contributed by atoms with Gasteiger partial charge in [0, 0.05) is 31.4 Å². The Morgan fingerprint density at radius 3 is 3.12 bits per heavy atom. The Morgan fingerprint density at radius 1 is 1.56 bits per heavy atom. The van der Waals surface area contributed by atoms with E-state index in [0.29, 0.717) is 26.1 Å². The molecule has 0 radical (unpaired) electrons. The third-order valence-electron chi connectivity index (χ3n) is 4.58. The van der Waals surface area contributed by atoms with Gasteiger partial charge < -0.3 is 9.32 Å². The van der Waals surface area contributed by atoms with Crippen LogP contribution in [0.5, 0.6) is 0 Å². The van der Waals surface area contributed by atoms with Crippen LogP contribution in [0.1, 0.15) is 36.6 Å². The highest BCUT2D eigenvalue weighted by atomic mass is 16.3. The van der Waals surface area contributed by atoms with Gasteiger partial charge in [-0.3, -0.25) is 14.4 Å². The summed E-state index contributed by atoms with van der Waals surface area (Å²) in [5.74, 6) is 0.763. The highest BCUT2D eigenvalue weighted by Crippen LogP contribution is 2.31. The minimum Gasteiger partial charge on any atom is -0.467 e. The smallest absolute Gasteiger partial charge is 0.237 e. The number of carbonyl (C=O) groups is 1. The van der Waals surface area contributed by atoms with Gasteiger partial charge in [0.2, 0.25) is 5.91 Å². The quantitative estimate of drug-likeness (QED) is 0.770. The van der Waals surface area contributed by atoms with E-state index in [4.69, 9.17) is 9.68 Å². The summed E-state index contributed by atoms with van der Waals surface area (Å²) in [6, 6.07) is 6.00. The van der Waals surface area contributed by atoms with Gasteiger partial charge in [0.05, 0.1) is 38.0 Å². The molecule has 7 heteroatoms. The van der Waals surface area contributed by atoms with E-state index in [1.165, 1.54) is 0 Å². The van der Waals surface area contributed by atoms with Crippen molar-refractivity contribution in [3.8, 4) is 6.07 Å². The van der Waals surface area contributed by atoms with E-state index in [1.807, 2.05) is 25.5 Å². The van der Waals surface area contributed by atoms with Crippen LogP contribution in [0.25, 0.3) is 0 Å². The zero-order chi connectivity index (χ0) is 17.6. The second kappa shape index (κ2) is 7.99.